The maximum atomic E-state index is 13.9. The van der Waals surface area contributed by atoms with Crippen LogP contribution in [0.4, 0.5) is 10.1 Å². The van der Waals surface area contributed by atoms with E-state index in [0.717, 1.165) is 5.56 Å². The van der Waals surface area contributed by atoms with E-state index in [1.807, 2.05) is 33.8 Å². The van der Waals surface area contributed by atoms with Crippen molar-refractivity contribution in [3.8, 4) is 0 Å². The Morgan fingerprint density at radius 3 is 2.71 bits per heavy atom. The van der Waals surface area contributed by atoms with Gasteiger partial charge in [-0.2, -0.15) is 0 Å². The van der Waals surface area contributed by atoms with Gasteiger partial charge in [-0.25, -0.2) is 4.39 Å². The molecule has 0 atom stereocenters. The SMILES string of the molecule is Cc1ccc(NC2=C(C(=O)C(C)(C)C)NC=NC2)c(F)c1. The normalized spacial score (nSPS) is 14.9. The Balaban J connectivity index is 2.34. The molecule has 0 aromatic heterocycles. The molecule has 5 heteroatoms. The lowest BCUT2D eigenvalue weighted by molar-refractivity contribution is -0.122. The Bertz CT molecular complexity index is 627. The maximum Gasteiger partial charge on any atom is 0.186 e. The van der Waals surface area contributed by atoms with Crippen LogP contribution in [-0.2, 0) is 4.79 Å². The molecule has 1 aromatic rings. The van der Waals surface area contributed by atoms with Crippen LogP contribution in [0, 0.1) is 18.2 Å². The van der Waals surface area contributed by atoms with Gasteiger partial charge in [0.05, 0.1) is 24.3 Å². The first kappa shape index (κ1) is 15.2. The Kier molecular flexibility index (Phi) is 4.11. The number of aryl methyl sites for hydroxylation is 1. The molecule has 1 aliphatic heterocycles. The molecule has 0 bridgehead atoms. The summed E-state index contributed by atoms with van der Waals surface area (Å²) in [5.74, 6) is -0.386. The molecule has 1 heterocycles. The molecule has 2 N–H and O–H groups in total. The van der Waals surface area contributed by atoms with E-state index in [2.05, 4.69) is 15.6 Å². The standard InChI is InChI=1S/C16H20FN3O/c1-10-5-6-12(11(17)7-10)20-13-8-18-9-19-14(13)15(21)16(2,3)4/h5-7,9,20H,8H2,1-4H3,(H,18,19). The molecule has 0 unspecified atom stereocenters. The molecule has 21 heavy (non-hydrogen) atoms. The average molecular weight is 289 g/mol. The van der Waals surface area contributed by atoms with E-state index in [-0.39, 0.29) is 11.6 Å². The van der Waals surface area contributed by atoms with Gasteiger partial charge >= 0.3 is 0 Å². The van der Waals surface area contributed by atoms with Crippen molar-refractivity contribution in [3.63, 3.8) is 0 Å². The Hall–Kier alpha value is -2.17. The van der Waals surface area contributed by atoms with Crippen molar-refractivity contribution in [2.75, 3.05) is 11.9 Å². The number of carbonyl (C=O) groups excluding carboxylic acids is 1. The van der Waals surface area contributed by atoms with Crippen molar-refractivity contribution in [1.29, 1.82) is 0 Å². The number of Topliss-reactive ketones (excluding diaryl/α,β-unsaturated/α-hetero) is 1. The molecule has 1 aliphatic rings. The largest absolute Gasteiger partial charge is 0.353 e. The number of rotatable bonds is 3. The van der Waals surface area contributed by atoms with Gasteiger partial charge in [0.1, 0.15) is 11.5 Å². The summed E-state index contributed by atoms with van der Waals surface area (Å²) in [6.45, 7) is 7.68. The summed E-state index contributed by atoms with van der Waals surface area (Å²) in [4.78, 5) is 16.5. The van der Waals surface area contributed by atoms with Crippen LogP contribution >= 0.6 is 0 Å². The maximum absolute atomic E-state index is 13.9. The monoisotopic (exact) mass is 289 g/mol. The number of aliphatic imine (C=N–C) groups is 1. The molecule has 0 amide bonds. The summed E-state index contributed by atoms with van der Waals surface area (Å²) in [7, 11) is 0. The minimum Gasteiger partial charge on any atom is -0.353 e. The number of nitrogens with zero attached hydrogens (tertiary/aromatic N) is 1. The summed E-state index contributed by atoms with van der Waals surface area (Å²) in [5, 5.41) is 5.87. The molecule has 0 fully saturated rings. The van der Waals surface area contributed by atoms with Crippen molar-refractivity contribution >= 4 is 17.8 Å². The third-order valence-corrected chi connectivity index (χ3v) is 3.17. The van der Waals surface area contributed by atoms with Gasteiger partial charge in [-0.1, -0.05) is 26.8 Å². The molecule has 0 saturated heterocycles. The lowest BCUT2D eigenvalue weighted by atomic mass is 9.88. The average Bonchev–Trinajstić information content (AvgIpc) is 2.41. The molecular formula is C16H20FN3O. The molecule has 112 valence electrons. The van der Waals surface area contributed by atoms with Gasteiger partial charge in [-0.15, -0.1) is 0 Å². The number of nitrogens with one attached hydrogen (secondary N) is 2. The Labute approximate surface area is 124 Å². The van der Waals surface area contributed by atoms with Gasteiger partial charge < -0.3 is 10.6 Å². The molecule has 0 saturated carbocycles. The fraction of sp³-hybridized carbons (Fsp3) is 0.375. The molecular weight excluding hydrogens is 269 g/mol. The fourth-order valence-electron chi connectivity index (χ4n) is 1.98. The number of hydrogen-bond acceptors (Lipinski definition) is 4. The fourth-order valence-corrected chi connectivity index (χ4v) is 1.98. The zero-order valence-electron chi connectivity index (χ0n) is 12.7. The lowest BCUT2D eigenvalue weighted by Gasteiger charge is -2.24. The molecule has 1 aromatic carbocycles. The highest BCUT2D eigenvalue weighted by molar-refractivity contribution is 6.02. The van der Waals surface area contributed by atoms with Crippen LogP contribution in [-0.4, -0.2) is 18.7 Å². The zero-order valence-corrected chi connectivity index (χ0v) is 12.7. The first-order chi connectivity index (χ1) is 9.79. The van der Waals surface area contributed by atoms with E-state index >= 15 is 0 Å². The van der Waals surface area contributed by atoms with Crippen molar-refractivity contribution in [1.82, 2.24) is 5.32 Å². The summed E-state index contributed by atoms with van der Waals surface area (Å²) >= 11 is 0. The minimum atomic E-state index is -0.522. The molecule has 2 rings (SSSR count). The lowest BCUT2D eigenvalue weighted by Crippen LogP contribution is -2.34. The van der Waals surface area contributed by atoms with Crippen molar-refractivity contribution in [2.45, 2.75) is 27.7 Å². The summed E-state index contributed by atoms with van der Waals surface area (Å²) < 4.78 is 13.9. The number of anilines is 1. The number of halogens is 1. The quantitative estimate of drug-likeness (QED) is 0.899. The van der Waals surface area contributed by atoms with E-state index in [1.165, 1.54) is 12.4 Å². The second-order valence-electron chi connectivity index (χ2n) is 6.16. The smallest absolute Gasteiger partial charge is 0.186 e. The highest BCUT2D eigenvalue weighted by Gasteiger charge is 2.28. The Morgan fingerprint density at radius 2 is 2.10 bits per heavy atom. The Morgan fingerprint density at radius 1 is 1.38 bits per heavy atom. The number of carbonyl (C=O) groups is 1. The number of allylic oxidation sites excluding steroid dienone is 1. The molecule has 0 spiro atoms. The number of hydrogen-bond donors (Lipinski definition) is 2. The third-order valence-electron chi connectivity index (χ3n) is 3.17. The van der Waals surface area contributed by atoms with Crippen LogP contribution in [0.3, 0.4) is 0 Å². The first-order valence-electron chi connectivity index (χ1n) is 6.85. The van der Waals surface area contributed by atoms with Crippen molar-refractivity contribution in [3.05, 3.63) is 41.0 Å². The minimum absolute atomic E-state index is 0.0383. The number of ketones is 1. The third kappa shape index (κ3) is 3.48. The van der Waals surface area contributed by atoms with E-state index in [0.29, 0.717) is 23.6 Å². The summed E-state index contributed by atoms with van der Waals surface area (Å²) in [5.41, 5.74) is 1.69. The van der Waals surface area contributed by atoms with Crippen LogP contribution in [0.5, 0.6) is 0 Å². The van der Waals surface area contributed by atoms with Crippen LogP contribution in [0.25, 0.3) is 0 Å². The van der Waals surface area contributed by atoms with E-state index < -0.39 is 5.41 Å². The van der Waals surface area contributed by atoms with E-state index in [1.54, 1.807) is 6.07 Å². The summed E-state index contributed by atoms with van der Waals surface area (Å²) in [6.07, 6.45) is 1.50. The van der Waals surface area contributed by atoms with Crippen LogP contribution < -0.4 is 10.6 Å². The second-order valence-corrected chi connectivity index (χ2v) is 6.16. The van der Waals surface area contributed by atoms with Crippen LogP contribution in [0.2, 0.25) is 0 Å². The predicted octanol–water partition coefficient (Wildman–Crippen LogP) is 3.00. The van der Waals surface area contributed by atoms with E-state index in [4.69, 9.17) is 0 Å². The number of benzene rings is 1. The summed E-state index contributed by atoms with van der Waals surface area (Å²) in [6, 6.07) is 4.93. The van der Waals surface area contributed by atoms with Crippen LogP contribution in [0.15, 0.2) is 34.6 Å². The zero-order chi connectivity index (χ0) is 15.6. The topological polar surface area (TPSA) is 53.5 Å². The molecule has 4 nitrogen and oxygen atoms in total. The van der Waals surface area contributed by atoms with E-state index in [9.17, 15) is 9.18 Å². The molecule has 0 aliphatic carbocycles. The molecule has 0 radical (unpaired) electrons. The van der Waals surface area contributed by atoms with Crippen LogP contribution in [0.1, 0.15) is 26.3 Å². The highest BCUT2D eigenvalue weighted by Crippen LogP contribution is 2.24. The van der Waals surface area contributed by atoms with Gasteiger partial charge in [0.2, 0.25) is 0 Å². The first-order valence-corrected chi connectivity index (χ1v) is 6.85. The van der Waals surface area contributed by atoms with Gasteiger partial charge in [-0.3, -0.25) is 9.79 Å². The second kappa shape index (κ2) is 5.68. The van der Waals surface area contributed by atoms with Gasteiger partial charge in [0, 0.05) is 5.41 Å². The predicted molar refractivity (Wildman–Crippen MR) is 82.7 cm³/mol. The van der Waals surface area contributed by atoms with Gasteiger partial charge in [-0.05, 0) is 24.6 Å². The van der Waals surface area contributed by atoms with Gasteiger partial charge in [0.25, 0.3) is 0 Å². The highest BCUT2D eigenvalue weighted by atomic mass is 19.1. The van der Waals surface area contributed by atoms with Crippen molar-refractivity contribution in [2.24, 2.45) is 10.4 Å². The van der Waals surface area contributed by atoms with Gasteiger partial charge in [0.15, 0.2) is 5.78 Å². The van der Waals surface area contributed by atoms with Crippen molar-refractivity contribution < 1.29 is 9.18 Å².